The van der Waals surface area contributed by atoms with Crippen LogP contribution in [0.4, 0.5) is 0 Å². The summed E-state index contributed by atoms with van der Waals surface area (Å²) in [6.07, 6.45) is 1.09. The molecule has 6 rings (SSSR count). The van der Waals surface area contributed by atoms with E-state index in [1.54, 1.807) is 13.0 Å². The maximum absolute atomic E-state index is 12.3. The van der Waals surface area contributed by atoms with Crippen molar-refractivity contribution < 1.29 is 34.6 Å². The van der Waals surface area contributed by atoms with Gasteiger partial charge in [-0.15, -0.1) is 0 Å². The van der Waals surface area contributed by atoms with Crippen molar-refractivity contribution in [3.8, 4) is 0 Å². The summed E-state index contributed by atoms with van der Waals surface area (Å²) in [5.74, 6) is 0.215. The number of Topliss-reactive ketones (excluding diaryl/α,β-unsaturated/α-hetero) is 1. The molecule has 5 fully saturated rings. The Bertz CT molecular complexity index is 652. The van der Waals surface area contributed by atoms with Crippen molar-refractivity contribution in [1.82, 2.24) is 0 Å². The van der Waals surface area contributed by atoms with E-state index in [1.165, 1.54) is 11.8 Å². The number of hydrogen-bond donors (Lipinski definition) is 3. The molecule has 24 heavy (non-hydrogen) atoms. The highest BCUT2D eigenvalue weighted by Gasteiger charge is 3.00. The minimum Gasteiger partial charge on any atom is -0.396 e. The highest BCUT2D eigenvalue weighted by molar-refractivity contribution is 8.00. The SMILES string of the molecule is CC1=C[C@H]2O[C@@H]3CCC4C(SCCO)[C@@]3(OO)[C@]43O[C@]23[C@H](O)C1=O. The predicted molar refractivity (Wildman–Crippen MR) is 82.5 cm³/mol. The monoisotopic (exact) mass is 356 g/mol. The Morgan fingerprint density at radius 2 is 2.25 bits per heavy atom. The van der Waals surface area contributed by atoms with E-state index in [0.29, 0.717) is 11.3 Å². The summed E-state index contributed by atoms with van der Waals surface area (Å²) in [6.45, 7) is 1.70. The minimum atomic E-state index is -1.31. The molecule has 0 aromatic heterocycles. The number of ketones is 1. The topological polar surface area (TPSA) is 109 Å². The number of fused-ring (bicyclic) bond motifs is 1. The van der Waals surface area contributed by atoms with Crippen LogP contribution in [0.15, 0.2) is 11.6 Å². The molecular weight excluding hydrogens is 336 g/mol. The molecule has 0 amide bonds. The second kappa shape index (κ2) is 4.62. The molecule has 132 valence electrons. The molecule has 0 aromatic carbocycles. The third-order valence-corrected chi connectivity index (χ3v) is 8.15. The molecule has 3 saturated carbocycles. The average molecular weight is 356 g/mol. The van der Waals surface area contributed by atoms with Gasteiger partial charge in [-0.1, -0.05) is 0 Å². The molecule has 8 atom stereocenters. The molecular formula is C16H20O7S. The standard InChI is InChI=1S/C16H20O7S/c1-7-6-10-14(12(19)11(7)18)16(22-14)8-2-3-9(21-10)15(16,23-20)13(8)24-5-4-17/h6,8-10,12-13,17,19-20H,2-5H2,1H3/t8?,9-,10-,12-,13?,14+,15-,16+/m1/s1. The number of rotatable bonds is 4. The van der Waals surface area contributed by atoms with E-state index in [1.807, 2.05) is 0 Å². The molecule has 2 spiro atoms. The number of carbonyl (C=O) groups is 1. The fraction of sp³-hybridized carbons (Fsp3) is 0.812. The van der Waals surface area contributed by atoms with Crippen molar-refractivity contribution in [1.29, 1.82) is 0 Å². The number of thioether (sulfide) groups is 1. The summed E-state index contributed by atoms with van der Waals surface area (Å²) in [7, 11) is 0. The lowest BCUT2D eigenvalue weighted by Gasteiger charge is -2.67. The van der Waals surface area contributed by atoms with Crippen LogP contribution in [0.5, 0.6) is 0 Å². The van der Waals surface area contributed by atoms with Crippen molar-refractivity contribution >= 4 is 17.5 Å². The van der Waals surface area contributed by atoms with Crippen LogP contribution >= 0.6 is 11.8 Å². The van der Waals surface area contributed by atoms with Crippen LogP contribution in [0.2, 0.25) is 0 Å². The van der Waals surface area contributed by atoms with Crippen LogP contribution in [0.1, 0.15) is 19.8 Å². The first-order chi connectivity index (χ1) is 11.5. The Morgan fingerprint density at radius 1 is 1.46 bits per heavy atom. The van der Waals surface area contributed by atoms with Crippen LogP contribution in [-0.4, -0.2) is 74.0 Å². The summed E-state index contributed by atoms with van der Waals surface area (Å²) >= 11 is 1.52. The Morgan fingerprint density at radius 3 is 2.96 bits per heavy atom. The highest BCUT2D eigenvalue weighted by atomic mass is 32.2. The number of aliphatic hydroxyl groups is 2. The first-order valence-corrected chi connectivity index (χ1v) is 9.37. The van der Waals surface area contributed by atoms with E-state index in [4.69, 9.17) is 19.5 Å². The van der Waals surface area contributed by atoms with Crippen LogP contribution < -0.4 is 0 Å². The van der Waals surface area contributed by atoms with Gasteiger partial charge < -0.3 is 19.7 Å². The first-order valence-electron chi connectivity index (χ1n) is 8.32. The molecule has 0 aromatic rings. The van der Waals surface area contributed by atoms with Crippen molar-refractivity contribution in [2.24, 2.45) is 5.92 Å². The zero-order chi connectivity index (χ0) is 16.9. The number of aliphatic hydroxyl groups excluding tert-OH is 2. The quantitative estimate of drug-likeness (QED) is 0.364. The Balaban J connectivity index is 1.61. The number of epoxide rings is 1. The molecule has 4 bridgehead atoms. The Kier molecular flexibility index (Phi) is 3.03. The molecule has 3 N–H and O–H groups in total. The van der Waals surface area contributed by atoms with Gasteiger partial charge in [0.25, 0.3) is 0 Å². The molecule has 2 heterocycles. The molecule has 2 saturated heterocycles. The summed E-state index contributed by atoms with van der Waals surface area (Å²) in [5, 5.41) is 29.6. The molecule has 8 heteroatoms. The number of hydrogen-bond acceptors (Lipinski definition) is 8. The molecule has 7 nitrogen and oxygen atoms in total. The van der Waals surface area contributed by atoms with E-state index < -0.39 is 29.0 Å². The molecule has 4 aliphatic carbocycles. The normalized spacial score (nSPS) is 56.8. The molecule has 6 aliphatic rings. The molecule has 2 unspecified atom stereocenters. The van der Waals surface area contributed by atoms with E-state index in [-0.39, 0.29) is 29.7 Å². The van der Waals surface area contributed by atoms with Crippen molar-refractivity contribution in [3.63, 3.8) is 0 Å². The van der Waals surface area contributed by atoms with Gasteiger partial charge in [0, 0.05) is 16.9 Å². The van der Waals surface area contributed by atoms with Gasteiger partial charge >= 0.3 is 0 Å². The number of carbonyl (C=O) groups excluding carboxylic acids is 1. The lowest BCUT2D eigenvalue weighted by Crippen LogP contribution is -2.86. The molecule has 2 aliphatic heterocycles. The van der Waals surface area contributed by atoms with E-state index in [2.05, 4.69) is 0 Å². The summed E-state index contributed by atoms with van der Waals surface area (Å²) in [5.41, 5.74) is -2.67. The second-order valence-electron chi connectivity index (χ2n) is 7.38. The Hall–Kier alpha value is -0.480. The van der Waals surface area contributed by atoms with Gasteiger partial charge in [0.2, 0.25) is 0 Å². The lowest BCUT2D eigenvalue weighted by molar-refractivity contribution is -0.419. The minimum absolute atomic E-state index is 0.0333. The van der Waals surface area contributed by atoms with Gasteiger partial charge in [-0.3, -0.25) is 10.1 Å². The zero-order valence-electron chi connectivity index (χ0n) is 13.2. The number of ether oxygens (including phenoxy) is 2. The van der Waals surface area contributed by atoms with E-state index in [0.717, 1.165) is 12.8 Å². The first kappa shape index (κ1) is 15.7. The average Bonchev–Trinajstić information content (AvgIpc) is 3.29. The van der Waals surface area contributed by atoms with E-state index in [9.17, 15) is 15.2 Å². The lowest BCUT2D eigenvalue weighted by atomic mass is 9.45. The summed E-state index contributed by atoms with van der Waals surface area (Å²) < 4.78 is 12.3. The second-order valence-corrected chi connectivity index (χ2v) is 8.63. The third-order valence-electron chi connectivity index (χ3n) is 6.70. The highest BCUT2D eigenvalue weighted by Crippen LogP contribution is 2.81. The van der Waals surface area contributed by atoms with Crippen LogP contribution in [-0.2, 0) is 19.2 Å². The third kappa shape index (κ3) is 1.30. The summed E-state index contributed by atoms with van der Waals surface area (Å²) in [4.78, 5) is 17.4. The summed E-state index contributed by atoms with van der Waals surface area (Å²) in [6, 6.07) is 0. The van der Waals surface area contributed by atoms with Crippen molar-refractivity contribution in [2.45, 2.75) is 60.1 Å². The van der Waals surface area contributed by atoms with Gasteiger partial charge in [0.15, 0.2) is 23.1 Å². The van der Waals surface area contributed by atoms with Gasteiger partial charge in [-0.25, -0.2) is 4.89 Å². The van der Waals surface area contributed by atoms with Gasteiger partial charge in [-0.05, 0) is 31.4 Å². The predicted octanol–water partition coefficient (Wildman–Crippen LogP) is -0.102. The van der Waals surface area contributed by atoms with E-state index >= 15 is 0 Å². The fourth-order valence-electron chi connectivity index (χ4n) is 5.84. The fourth-order valence-corrected chi connectivity index (χ4v) is 7.38. The molecule has 0 radical (unpaired) electrons. The van der Waals surface area contributed by atoms with Crippen LogP contribution in [0, 0.1) is 5.92 Å². The maximum atomic E-state index is 12.3. The van der Waals surface area contributed by atoms with Crippen molar-refractivity contribution in [3.05, 3.63) is 11.6 Å². The van der Waals surface area contributed by atoms with Crippen LogP contribution in [0.25, 0.3) is 0 Å². The van der Waals surface area contributed by atoms with Crippen LogP contribution in [0.3, 0.4) is 0 Å². The van der Waals surface area contributed by atoms with Gasteiger partial charge in [0.1, 0.15) is 11.7 Å². The van der Waals surface area contributed by atoms with Crippen molar-refractivity contribution in [2.75, 3.05) is 12.4 Å². The largest absolute Gasteiger partial charge is 0.396 e. The smallest absolute Gasteiger partial charge is 0.189 e. The Labute approximate surface area is 142 Å². The zero-order valence-corrected chi connectivity index (χ0v) is 14.0. The maximum Gasteiger partial charge on any atom is 0.189 e. The van der Waals surface area contributed by atoms with Gasteiger partial charge in [0.05, 0.1) is 12.7 Å². The van der Waals surface area contributed by atoms with Gasteiger partial charge in [-0.2, -0.15) is 11.8 Å².